The van der Waals surface area contributed by atoms with Gasteiger partial charge in [0, 0.05) is 24.0 Å². The highest BCUT2D eigenvalue weighted by Crippen LogP contribution is 2.29. The molecule has 0 bridgehead atoms. The van der Waals surface area contributed by atoms with Crippen LogP contribution in [0.15, 0.2) is 95.9 Å². The Labute approximate surface area is 292 Å². The van der Waals surface area contributed by atoms with Crippen LogP contribution in [-0.2, 0) is 32.6 Å². The molecule has 0 aliphatic carbocycles. The Kier molecular flexibility index (Phi) is 12.4. The standard InChI is InChI=1S/C36H38Cl3N3O4S/c1-5-26(4)40-36(44)34(21-27-9-7-6-8-10-27)41(22-28-12-18-32(38)33(39)20-28)35(43)23-42(30-15-11-24(2)25(3)19-30)47(45,46)31-16-13-29(37)14-17-31/h6-20,26,34H,5,21-23H2,1-4H3,(H,40,44)/t26-,34+/m0/s1. The van der Waals surface area contributed by atoms with Crippen LogP contribution in [-0.4, -0.2) is 43.8 Å². The molecule has 0 saturated carbocycles. The smallest absolute Gasteiger partial charge is 0.264 e. The lowest BCUT2D eigenvalue weighted by atomic mass is 10.0. The second-order valence-electron chi connectivity index (χ2n) is 11.5. The van der Waals surface area contributed by atoms with Gasteiger partial charge in [-0.1, -0.05) is 84.2 Å². The molecule has 248 valence electrons. The molecular formula is C36H38Cl3N3O4S. The number of benzene rings is 4. The van der Waals surface area contributed by atoms with Gasteiger partial charge >= 0.3 is 0 Å². The van der Waals surface area contributed by atoms with E-state index >= 15 is 0 Å². The maximum Gasteiger partial charge on any atom is 0.264 e. The van der Waals surface area contributed by atoms with E-state index in [1.807, 2.05) is 64.1 Å². The molecule has 0 spiro atoms. The first-order valence-corrected chi connectivity index (χ1v) is 17.8. The number of aryl methyl sites for hydroxylation is 2. The molecule has 47 heavy (non-hydrogen) atoms. The van der Waals surface area contributed by atoms with Gasteiger partial charge in [-0.2, -0.15) is 0 Å². The summed E-state index contributed by atoms with van der Waals surface area (Å²) < 4.78 is 29.5. The van der Waals surface area contributed by atoms with Gasteiger partial charge in [0.2, 0.25) is 11.8 Å². The zero-order valence-corrected chi connectivity index (χ0v) is 29.8. The van der Waals surface area contributed by atoms with E-state index in [2.05, 4.69) is 5.32 Å². The van der Waals surface area contributed by atoms with Gasteiger partial charge in [-0.25, -0.2) is 8.42 Å². The number of hydrogen-bond donors (Lipinski definition) is 1. The van der Waals surface area contributed by atoms with Gasteiger partial charge in [-0.15, -0.1) is 0 Å². The second-order valence-corrected chi connectivity index (χ2v) is 14.6. The third kappa shape index (κ3) is 9.29. The lowest BCUT2D eigenvalue weighted by Crippen LogP contribution is -2.54. The van der Waals surface area contributed by atoms with E-state index in [1.165, 1.54) is 29.2 Å². The topological polar surface area (TPSA) is 86.8 Å². The first-order valence-electron chi connectivity index (χ1n) is 15.2. The highest BCUT2D eigenvalue weighted by Gasteiger charge is 2.35. The molecule has 0 radical (unpaired) electrons. The van der Waals surface area contributed by atoms with Crippen LogP contribution in [0.1, 0.15) is 42.5 Å². The minimum Gasteiger partial charge on any atom is -0.352 e. The predicted octanol–water partition coefficient (Wildman–Crippen LogP) is 8.01. The molecule has 4 rings (SSSR count). The fourth-order valence-corrected chi connectivity index (χ4v) is 6.83. The molecule has 0 fully saturated rings. The monoisotopic (exact) mass is 713 g/mol. The Morgan fingerprint density at radius 2 is 1.49 bits per heavy atom. The molecule has 0 aromatic heterocycles. The molecule has 4 aromatic rings. The molecule has 7 nitrogen and oxygen atoms in total. The van der Waals surface area contributed by atoms with Crippen LogP contribution in [0.4, 0.5) is 5.69 Å². The molecule has 0 aliphatic rings. The fourth-order valence-electron chi connectivity index (χ4n) is 4.97. The Morgan fingerprint density at radius 1 is 0.809 bits per heavy atom. The Balaban J connectivity index is 1.84. The molecule has 0 saturated heterocycles. The first kappa shape index (κ1) is 36.3. The van der Waals surface area contributed by atoms with Crippen molar-refractivity contribution in [3.63, 3.8) is 0 Å². The highest BCUT2D eigenvalue weighted by molar-refractivity contribution is 7.92. The summed E-state index contributed by atoms with van der Waals surface area (Å²) in [6, 6.07) is 24.2. The highest BCUT2D eigenvalue weighted by atomic mass is 35.5. The molecule has 0 aliphatic heterocycles. The average Bonchev–Trinajstić information content (AvgIpc) is 3.05. The third-order valence-electron chi connectivity index (χ3n) is 8.07. The molecular weight excluding hydrogens is 677 g/mol. The van der Waals surface area contributed by atoms with Crippen LogP contribution in [0.5, 0.6) is 0 Å². The van der Waals surface area contributed by atoms with Crippen molar-refractivity contribution < 1.29 is 18.0 Å². The van der Waals surface area contributed by atoms with Gasteiger partial charge in [0.25, 0.3) is 10.0 Å². The van der Waals surface area contributed by atoms with Crippen LogP contribution in [0.3, 0.4) is 0 Å². The van der Waals surface area contributed by atoms with Crippen molar-refractivity contribution in [3.05, 3.63) is 128 Å². The van der Waals surface area contributed by atoms with Crippen LogP contribution < -0.4 is 9.62 Å². The molecule has 1 N–H and O–H groups in total. The molecule has 11 heteroatoms. The predicted molar refractivity (Wildman–Crippen MR) is 191 cm³/mol. The van der Waals surface area contributed by atoms with E-state index in [4.69, 9.17) is 34.8 Å². The van der Waals surface area contributed by atoms with Gasteiger partial charge < -0.3 is 10.2 Å². The van der Waals surface area contributed by atoms with E-state index < -0.39 is 28.5 Å². The molecule has 2 atom stereocenters. The molecule has 2 amide bonds. The number of hydrogen-bond acceptors (Lipinski definition) is 4. The number of nitrogens with one attached hydrogen (secondary N) is 1. The van der Waals surface area contributed by atoms with Crippen molar-refractivity contribution >= 4 is 62.3 Å². The average molecular weight is 715 g/mol. The number of rotatable bonds is 13. The van der Waals surface area contributed by atoms with Gasteiger partial charge in [-0.05, 0) is 98.0 Å². The lowest BCUT2D eigenvalue weighted by molar-refractivity contribution is -0.140. The number of amides is 2. The molecule has 0 heterocycles. The van der Waals surface area contributed by atoms with E-state index in [9.17, 15) is 18.0 Å². The SMILES string of the molecule is CC[C@H](C)NC(=O)[C@@H](Cc1ccccc1)N(Cc1ccc(Cl)c(Cl)c1)C(=O)CN(c1ccc(C)c(C)c1)S(=O)(=O)c1ccc(Cl)cc1. The van der Waals surface area contributed by atoms with Gasteiger partial charge in [0.15, 0.2) is 0 Å². The lowest BCUT2D eigenvalue weighted by Gasteiger charge is -2.34. The fraction of sp³-hybridized carbons (Fsp3) is 0.278. The number of halogens is 3. The third-order valence-corrected chi connectivity index (χ3v) is 10.8. The summed E-state index contributed by atoms with van der Waals surface area (Å²) in [7, 11) is -4.25. The zero-order valence-electron chi connectivity index (χ0n) is 26.7. The first-order chi connectivity index (χ1) is 22.3. The summed E-state index contributed by atoms with van der Waals surface area (Å²) in [6.07, 6.45) is 0.883. The van der Waals surface area contributed by atoms with Crippen molar-refractivity contribution in [2.24, 2.45) is 0 Å². The minimum atomic E-state index is -4.25. The van der Waals surface area contributed by atoms with E-state index in [-0.39, 0.29) is 29.8 Å². The van der Waals surface area contributed by atoms with Gasteiger partial charge in [-0.3, -0.25) is 13.9 Å². The zero-order chi connectivity index (χ0) is 34.3. The van der Waals surface area contributed by atoms with Crippen molar-refractivity contribution in [2.75, 3.05) is 10.8 Å². The van der Waals surface area contributed by atoms with E-state index in [0.29, 0.717) is 32.7 Å². The Morgan fingerprint density at radius 3 is 2.11 bits per heavy atom. The van der Waals surface area contributed by atoms with Crippen LogP contribution in [0, 0.1) is 13.8 Å². The quantitative estimate of drug-likeness (QED) is 0.152. The summed E-state index contributed by atoms with van der Waals surface area (Å²) >= 11 is 18.6. The summed E-state index contributed by atoms with van der Waals surface area (Å²) in [5.41, 5.74) is 3.60. The minimum absolute atomic E-state index is 0.0249. The van der Waals surface area contributed by atoms with Crippen molar-refractivity contribution in [2.45, 2.75) is 64.1 Å². The largest absolute Gasteiger partial charge is 0.352 e. The Bertz CT molecular complexity index is 1820. The molecule has 0 unspecified atom stereocenters. The van der Waals surface area contributed by atoms with Gasteiger partial charge in [0.05, 0.1) is 20.6 Å². The second kappa shape index (κ2) is 16.0. The van der Waals surface area contributed by atoms with Gasteiger partial charge in [0.1, 0.15) is 12.6 Å². The summed E-state index contributed by atoms with van der Waals surface area (Å²) in [5, 5.41) is 4.04. The van der Waals surface area contributed by atoms with Crippen LogP contribution in [0.25, 0.3) is 0 Å². The maximum absolute atomic E-state index is 14.6. The summed E-state index contributed by atoms with van der Waals surface area (Å²) in [6.45, 7) is 7.05. The van der Waals surface area contributed by atoms with Crippen molar-refractivity contribution in [3.8, 4) is 0 Å². The number of sulfonamides is 1. The number of nitrogens with zero attached hydrogens (tertiary/aromatic N) is 2. The van der Waals surface area contributed by atoms with Crippen LogP contribution >= 0.6 is 34.8 Å². The summed E-state index contributed by atoms with van der Waals surface area (Å²) in [5.74, 6) is -0.929. The normalized spacial score (nSPS) is 12.7. The molecule has 4 aromatic carbocycles. The van der Waals surface area contributed by atoms with Crippen molar-refractivity contribution in [1.29, 1.82) is 0 Å². The van der Waals surface area contributed by atoms with Crippen molar-refractivity contribution in [1.82, 2.24) is 10.2 Å². The Hall–Kier alpha value is -3.56. The number of carbonyl (C=O) groups is 2. The summed E-state index contributed by atoms with van der Waals surface area (Å²) in [4.78, 5) is 30.0. The van der Waals surface area contributed by atoms with E-state index in [1.54, 1.807) is 30.3 Å². The van der Waals surface area contributed by atoms with Crippen LogP contribution in [0.2, 0.25) is 15.1 Å². The number of carbonyl (C=O) groups excluding carboxylic acids is 2. The van der Waals surface area contributed by atoms with E-state index in [0.717, 1.165) is 21.0 Å². The number of anilines is 1. The maximum atomic E-state index is 14.6.